The molecule has 0 aliphatic carbocycles. The zero-order valence-electron chi connectivity index (χ0n) is 12.3. The SMILES string of the molecule is COc1ccccc1/C=C1\SC(=S)N(CC2CCCO2)C1=O. The quantitative estimate of drug-likeness (QED) is 0.624. The lowest BCUT2D eigenvalue weighted by molar-refractivity contribution is -0.123. The largest absolute Gasteiger partial charge is 0.496 e. The van der Waals surface area contributed by atoms with Gasteiger partial charge in [-0.1, -0.05) is 42.2 Å². The Kier molecular flexibility index (Phi) is 4.81. The average Bonchev–Trinajstić information content (AvgIpc) is 3.12. The number of benzene rings is 1. The van der Waals surface area contributed by atoms with Crippen molar-refractivity contribution in [2.45, 2.75) is 18.9 Å². The van der Waals surface area contributed by atoms with Crippen LogP contribution >= 0.6 is 24.0 Å². The van der Waals surface area contributed by atoms with Gasteiger partial charge in [0.1, 0.15) is 10.1 Å². The van der Waals surface area contributed by atoms with Crippen LogP contribution in [-0.2, 0) is 9.53 Å². The van der Waals surface area contributed by atoms with Gasteiger partial charge in [0.05, 0.1) is 24.7 Å². The lowest BCUT2D eigenvalue weighted by Crippen LogP contribution is -2.35. The number of carbonyl (C=O) groups excluding carboxylic acids is 1. The van der Waals surface area contributed by atoms with Crippen molar-refractivity contribution in [3.63, 3.8) is 0 Å². The summed E-state index contributed by atoms with van der Waals surface area (Å²) in [5.41, 5.74) is 0.877. The Bertz CT molecular complexity index is 624. The number of para-hydroxylation sites is 1. The number of hydrogen-bond donors (Lipinski definition) is 0. The molecule has 0 aromatic heterocycles. The summed E-state index contributed by atoms with van der Waals surface area (Å²) >= 11 is 6.68. The van der Waals surface area contributed by atoms with E-state index in [1.165, 1.54) is 11.8 Å². The maximum absolute atomic E-state index is 12.6. The Morgan fingerprint density at radius 3 is 3.05 bits per heavy atom. The summed E-state index contributed by atoms with van der Waals surface area (Å²) < 4.78 is 11.5. The van der Waals surface area contributed by atoms with Crippen molar-refractivity contribution in [1.29, 1.82) is 0 Å². The van der Waals surface area contributed by atoms with Gasteiger partial charge in [-0.2, -0.15) is 0 Å². The Morgan fingerprint density at radius 2 is 2.32 bits per heavy atom. The number of nitrogens with zero attached hydrogens (tertiary/aromatic N) is 1. The van der Waals surface area contributed by atoms with E-state index in [9.17, 15) is 4.79 Å². The molecule has 1 aromatic carbocycles. The first-order valence-corrected chi connectivity index (χ1v) is 8.41. The van der Waals surface area contributed by atoms with Crippen LogP contribution in [0.4, 0.5) is 0 Å². The first-order valence-electron chi connectivity index (χ1n) is 7.19. The van der Waals surface area contributed by atoms with E-state index in [0.29, 0.717) is 15.8 Å². The number of methoxy groups -OCH3 is 1. The van der Waals surface area contributed by atoms with Crippen molar-refractivity contribution in [3.05, 3.63) is 34.7 Å². The maximum Gasteiger partial charge on any atom is 0.266 e. The molecule has 2 fully saturated rings. The van der Waals surface area contributed by atoms with Gasteiger partial charge in [-0.15, -0.1) is 0 Å². The molecule has 1 amide bonds. The van der Waals surface area contributed by atoms with E-state index < -0.39 is 0 Å². The monoisotopic (exact) mass is 335 g/mol. The fraction of sp³-hybridized carbons (Fsp3) is 0.375. The Hall–Kier alpha value is -1.37. The molecule has 2 aliphatic heterocycles. The molecule has 0 radical (unpaired) electrons. The van der Waals surface area contributed by atoms with Crippen LogP contribution < -0.4 is 4.74 Å². The third kappa shape index (κ3) is 3.19. The maximum atomic E-state index is 12.6. The van der Waals surface area contributed by atoms with Crippen molar-refractivity contribution < 1.29 is 14.3 Å². The number of thioether (sulfide) groups is 1. The summed E-state index contributed by atoms with van der Waals surface area (Å²) in [6.07, 6.45) is 3.99. The van der Waals surface area contributed by atoms with Gasteiger partial charge < -0.3 is 9.47 Å². The lowest BCUT2D eigenvalue weighted by Gasteiger charge is -2.18. The summed E-state index contributed by atoms with van der Waals surface area (Å²) in [4.78, 5) is 14.8. The van der Waals surface area contributed by atoms with E-state index in [-0.39, 0.29) is 12.0 Å². The lowest BCUT2D eigenvalue weighted by atomic mass is 10.2. The van der Waals surface area contributed by atoms with Crippen molar-refractivity contribution in [2.24, 2.45) is 0 Å². The van der Waals surface area contributed by atoms with Crippen LogP contribution in [0.15, 0.2) is 29.2 Å². The molecule has 6 heteroatoms. The van der Waals surface area contributed by atoms with Crippen LogP contribution in [0.2, 0.25) is 0 Å². The summed E-state index contributed by atoms with van der Waals surface area (Å²) in [7, 11) is 1.62. The highest BCUT2D eigenvalue weighted by Crippen LogP contribution is 2.34. The first-order chi connectivity index (χ1) is 10.7. The van der Waals surface area contributed by atoms with E-state index in [1.807, 2.05) is 30.3 Å². The Labute approximate surface area is 139 Å². The second-order valence-electron chi connectivity index (χ2n) is 5.17. The van der Waals surface area contributed by atoms with Gasteiger partial charge >= 0.3 is 0 Å². The molecule has 1 aromatic rings. The number of hydrogen-bond acceptors (Lipinski definition) is 5. The summed E-state index contributed by atoms with van der Waals surface area (Å²) in [6, 6.07) is 7.62. The highest BCUT2D eigenvalue weighted by molar-refractivity contribution is 8.26. The van der Waals surface area contributed by atoms with Crippen molar-refractivity contribution in [3.8, 4) is 5.75 Å². The number of amides is 1. The van der Waals surface area contributed by atoms with Gasteiger partial charge in [0.2, 0.25) is 0 Å². The molecule has 2 heterocycles. The summed E-state index contributed by atoms with van der Waals surface area (Å²) in [5.74, 6) is 0.698. The fourth-order valence-corrected chi connectivity index (χ4v) is 3.84. The number of carbonyl (C=O) groups is 1. The molecular weight excluding hydrogens is 318 g/mol. The molecule has 0 saturated carbocycles. The molecule has 2 aliphatic rings. The minimum Gasteiger partial charge on any atom is -0.496 e. The minimum atomic E-state index is -0.0450. The van der Waals surface area contributed by atoms with Crippen LogP contribution in [0.25, 0.3) is 6.08 Å². The molecule has 4 nitrogen and oxygen atoms in total. The van der Waals surface area contributed by atoms with Gasteiger partial charge in [-0.05, 0) is 25.0 Å². The average molecular weight is 335 g/mol. The van der Waals surface area contributed by atoms with E-state index in [0.717, 1.165) is 30.8 Å². The highest BCUT2D eigenvalue weighted by Gasteiger charge is 2.34. The smallest absolute Gasteiger partial charge is 0.266 e. The van der Waals surface area contributed by atoms with Gasteiger partial charge in [0, 0.05) is 12.2 Å². The van der Waals surface area contributed by atoms with Gasteiger partial charge in [-0.25, -0.2) is 0 Å². The molecule has 1 atom stereocenters. The molecule has 2 saturated heterocycles. The highest BCUT2D eigenvalue weighted by atomic mass is 32.2. The minimum absolute atomic E-state index is 0.0450. The Morgan fingerprint density at radius 1 is 1.50 bits per heavy atom. The molecule has 3 rings (SSSR count). The van der Waals surface area contributed by atoms with Gasteiger partial charge in [0.25, 0.3) is 5.91 Å². The zero-order valence-corrected chi connectivity index (χ0v) is 13.9. The molecule has 0 N–H and O–H groups in total. The van der Waals surface area contributed by atoms with E-state index in [2.05, 4.69) is 0 Å². The number of rotatable bonds is 4. The summed E-state index contributed by atoms with van der Waals surface area (Å²) in [5, 5.41) is 0. The zero-order chi connectivity index (χ0) is 15.5. The molecule has 22 heavy (non-hydrogen) atoms. The Balaban J connectivity index is 1.79. The second kappa shape index (κ2) is 6.81. The molecule has 116 valence electrons. The van der Waals surface area contributed by atoms with E-state index in [4.69, 9.17) is 21.7 Å². The van der Waals surface area contributed by atoms with Crippen LogP contribution in [0.5, 0.6) is 5.75 Å². The first kappa shape index (κ1) is 15.5. The molecule has 0 bridgehead atoms. The van der Waals surface area contributed by atoms with Crippen LogP contribution in [0.3, 0.4) is 0 Å². The second-order valence-corrected chi connectivity index (χ2v) is 6.85. The molecule has 1 unspecified atom stereocenters. The van der Waals surface area contributed by atoms with Gasteiger partial charge in [-0.3, -0.25) is 9.69 Å². The van der Waals surface area contributed by atoms with Gasteiger partial charge in [0.15, 0.2) is 0 Å². The fourth-order valence-electron chi connectivity index (χ4n) is 2.58. The summed E-state index contributed by atoms with van der Waals surface area (Å²) in [6.45, 7) is 1.32. The molecular formula is C16H17NO3S2. The van der Waals surface area contributed by atoms with Crippen LogP contribution in [0, 0.1) is 0 Å². The van der Waals surface area contributed by atoms with Crippen LogP contribution in [0.1, 0.15) is 18.4 Å². The predicted octanol–water partition coefficient (Wildman–Crippen LogP) is 3.08. The number of thiocarbonyl (C=S) groups is 1. The van der Waals surface area contributed by atoms with Crippen molar-refractivity contribution in [2.75, 3.05) is 20.3 Å². The number of ether oxygens (including phenoxy) is 2. The normalized spacial score (nSPS) is 23.6. The predicted molar refractivity (Wildman–Crippen MR) is 91.8 cm³/mol. The molecule has 0 spiro atoms. The third-order valence-corrected chi connectivity index (χ3v) is 5.09. The van der Waals surface area contributed by atoms with E-state index in [1.54, 1.807) is 12.0 Å². The van der Waals surface area contributed by atoms with Crippen molar-refractivity contribution >= 4 is 40.3 Å². The van der Waals surface area contributed by atoms with Crippen LogP contribution in [-0.4, -0.2) is 41.5 Å². The standard InChI is InChI=1S/C16H17NO3S2/c1-19-13-7-3-2-5-11(13)9-14-15(18)17(16(21)22-14)10-12-6-4-8-20-12/h2-3,5,7,9,12H,4,6,8,10H2,1H3/b14-9-. The topological polar surface area (TPSA) is 38.8 Å². The van der Waals surface area contributed by atoms with Crippen molar-refractivity contribution in [1.82, 2.24) is 4.90 Å². The third-order valence-electron chi connectivity index (χ3n) is 3.71. The van der Waals surface area contributed by atoms with E-state index >= 15 is 0 Å².